The van der Waals surface area contributed by atoms with Gasteiger partial charge >= 0.3 is 0 Å². The molecule has 3 heteroatoms. The van der Waals surface area contributed by atoms with E-state index in [9.17, 15) is 0 Å². The maximum atomic E-state index is 5.81. The van der Waals surface area contributed by atoms with Crippen LogP contribution in [0.3, 0.4) is 0 Å². The summed E-state index contributed by atoms with van der Waals surface area (Å²) in [6, 6.07) is 6.81. The molecule has 1 unspecified atom stereocenters. The Balaban J connectivity index is 2.26. The maximum Gasteiger partial charge on any atom is 0.0479 e. The Labute approximate surface area is 86.9 Å². The lowest BCUT2D eigenvalue weighted by Gasteiger charge is -2.40. The van der Waals surface area contributed by atoms with Gasteiger partial charge in [-0.1, -0.05) is 0 Å². The van der Waals surface area contributed by atoms with E-state index < -0.39 is 0 Å². The highest BCUT2D eigenvalue weighted by molar-refractivity contribution is 9.10. The van der Waals surface area contributed by atoms with Gasteiger partial charge in [0, 0.05) is 28.4 Å². The number of rotatable bonds is 1. The molecule has 1 fully saturated rings. The maximum absolute atomic E-state index is 5.81. The molecule has 1 aromatic rings. The quantitative estimate of drug-likeness (QED) is 0.766. The van der Waals surface area contributed by atoms with Crippen molar-refractivity contribution in [2.45, 2.75) is 19.4 Å². The van der Waals surface area contributed by atoms with Crippen LogP contribution in [-0.2, 0) is 0 Å². The van der Waals surface area contributed by atoms with Crippen molar-refractivity contribution < 1.29 is 0 Å². The molecule has 0 amide bonds. The van der Waals surface area contributed by atoms with Gasteiger partial charge in [-0.15, -0.1) is 0 Å². The van der Waals surface area contributed by atoms with Crippen LogP contribution in [0.1, 0.15) is 13.3 Å². The number of halogens is 1. The Morgan fingerprint density at radius 3 is 2.77 bits per heavy atom. The molecule has 0 aromatic heterocycles. The van der Waals surface area contributed by atoms with E-state index >= 15 is 0 Å². The van der Waals surface area contributed by atoms with E-state index in [1.807, 2.05) is 12.1 Å². The van der Waals surface area contributed by atoms with Crippen LogP contribution >= 0.6 is 15.9 Å². The van der Waals surface area contributed by atoms with Crippen LogP contribution in [0.2, 0.25) is 0 Å². The van der Waals surface area contributed by atoms with E-state index in [0.29, 0.717) is 6.04 Å². The topological polar surface area (TPSA) is 29.3 Å². The van der Waals surface area contributed by atoms with Crippen molar-refractivity contribution in [2.75, 3.05) is 17.2 Å². The standard InChI is InChI=1S/C10H13BrN2/c1-7-4-5-13(7)8-2-3-9(11)10(12)6-8/h2-3,6-7H,4-5,12H2,1H3. The van der Waals surface area contributed by atoms with E-state index in [1.54, 1.807) is 0 Å². The van der Waals surface area contributed by atoms with Crippen LogP contribution in [-0.4, -0.2) is 12.6 Å². The molecule has 1 saturated heterocycles. The molecule has 2 N–H and O–H groups in total. The molecule has 2 nitrogen and oxygen atoms in total. The van der Waals surface area contributed by atoms with Crippen molar-refractivity contribution in [3.63, 3.8) is 0 Å². The SMILES string of the molecule is CC1CCN1c1ccc(Br)c(N)c1. The Kier molecular flexibility index (Phi) is 2.20. The smallest absolute Gasteiger partial charge is 0.0479 e. The summed E-state index contributed by atoms with van der Waals surface area (Å²) >= 11 is 3.39. The summed E-state index contributed by atoms with van der Waals surface area (Å²) in [5, 5.41) is 0. The van der Waals surface area contributed by atoms with Crippen LogP contribution in [0.5, 0.6) is 0 Å². The summed E-state index contributed by atoms with van der Waals surface area (Å²) in [6.45, 7) is 3.39. The van der Waals surface area contributed by atoms with Crippen LogP contribution in [0.4, 0.5) is 11.4 Å². The summed E-state index contributed by atoms with van der Waals surface area (Å²) in [4.78, 5) is 2.36. The minimum atomic E-state index is 0.667. The Morgan fingerprint density at radius 2 is 2.31 bits per heavy atom. The minimum absolute atomic E-state index is 0.667. The number of hydrogen-bond donors (Lipinski definition) is 1. The highest BCUT2D eigenvalue weighted by Gasteiger charge is 2.23. The second-order valence-corrected chi connectivity index (χ2v) is 4.39. The lowest BCUT2D eigenvalue weighted by Crippen LogP contribution is -2.45. The predicted molar refractivity (Wildman–Crippen MR) is 60.0 cm³/mol. The first-order valence-electron chi connectivity index (χ1n) is 4.50. The van der Waals surface area contributed by atoms with Crippen molar-refractivity contribution in [3.8, 4) is 0 Å². The average molecular weight is 241 g/mol. The number of nitrogen functional groups attached to an aromatic ring is 1. The third-order valence-electron chi connectivity index (χ3n) is 2.63. The normalized spacial score (nSPS) is 21.4. The zero-order valence-electron chi connectivity index (χ0n) is 7.63. The number of nitrogens with zero attached hydrogens (tertiary/aromatic N) is 1. The van der Waals surface area contributed by atoms with Gasteiger partial charge in [0.1, 0.15) is 0 Å². The largest absolute Gasteiger partial charge is 0.398 e. The number of nitrogens with two attached hydrogens (primary N) is 1. The molecule has 1 atom stereocenters. The minimum Gasteiger partial charge on any atom is -0.398 e. The molecule has 0 radical (unpaired) electrons. The Hall–Kier alpha value is -0.700. The first-order valence-corrected chi connectivity index (χ1v) is 5.29. The van der Waals surface area contributed by atoms with Gasteiger partial charge in [-0.25, -0.2) is 0 Å². The number of anilines is 2. The predicted octanol–water partition coefficient (Wildman–Crippen LogP) is 2.63. The van der Waals surface area contributed by atoms with Crippen molar-refractivity contribution in [1.82, 2.24) is 0 Å². The summed E-state index contributed by atoms with van der Waals surface area (Å²) in [5.41, 5.74) is 7.86. The molecule has 2 rings (SSSR count). The van der Waals surface area contributed by atoms with Gasteiger partial charge < -0.3 is 10.6 Å². The molecule has 1 aliphatic rings. The van der Waals surface area contributed by atoms with Crippen LogP contribution in [0.15, 0.2) is 22.7 Å². The van der Waals surface area contributed by atoms with E-state index in [2.05, 4.69) is 33.8 Å². The molecular weight excluding hydrogens is 228 g/mol. The molecule has 0 saturated carbocycles. The molecule has 0 aliphatic carbocycles. The molecule has 1 heterocycles. The van der Waals surface area contributed by atoms with Gasteiger partial charge in [0.25, 0.3) is 0 Å². The van der Waals surface area contributed by atoms with Gasteiger partial charge in [-0.2, -0.15) is 0 Å². The third kappa shape index (κ3) is 1.53. The van der Waals surface area contributed by atoms with E-state index in [0.717, 1.165) is 16.7 Å². The number of benzene rings is 1. The molecule has 0 bridgehead atoms. The average Bonchev–Trinajstić information content (AvgIpc) is 2.09. The van der Waals surface area contributed by atoms with Crippen LogP contribution < -0.4 is 10.6 Å². The Morgan fingerprint density at radius 1 is 1.54 bits per heavy atom. The van der Waals surface area contributed by atoms with Gasteiger partial charge in [0.15, 0.2) is 0 Å². The van der Waals surface area contributed by atoms with E-state index in [1.165, 1.54) is 12.1 Å². The third-order valence-corrected chi connectivity index (χ3v) is 3.35. The molecule has 1 aliphatic heterocycles. The highest BCUT2D eigenvalue weighted by Crippen LogP contribution is 2.30. The Bertz CT molecular complexity index is 325. The molecule has 13 heavy (non-hydrogen) atoms. The van der Waals surface area contributed by atoms with Gasteiger partial charge in [-0.3, -0.25) is 0 Å². The fourth-order valence-electron chi connectivity index (χ4n) is 1.61. The van der Waals surface area contributed by atoms with Gasteiger partial charge in [0.2, 0.25) is 0 Å². The fourth-order valence-corrected chi connectivity index (χ4v) is 1.86. The van der Waals surface area contributed by atoms with Gasteiger partial charge in [0.05, 0.1) is 0 Å². The lowest BCUT2D eigenvalue weighted by molar-refractivity contribution is 0.481. The summed E-state index contributed by atoms with van der Waals surface area (Å²) in [6.07, 6.45) is 1.29. The zero-order chi connectivity index (χ0) is 9.42. The van der Waals surface area contributed by atoms with Crippen LogP contribution in [0.25, 0.3) is 0 Å². The van der Waals surface area contributed by atoms with Crippen molar-refractivity contribution in [3.05, 3.63) is 22.7 Å². The molecule has 0 spiro atoms. The molecule has 70 valence electrons. The van der Waals surface area contributed by atoms with Gasteiger partial charge in [-0.05, 0) is 47.5 Å². The van der Waals surface area contributed by atoms with Crippen LogP contribution in [0, 0.1) is 0 Å². The molecule has 1 aromatic carbocycles. The monoisotopic (exact) mass is 240 g/mol. The summed E-state index contributed by atoms with van der Waals surface area (Å²) in [7, 11) is 0. The van der Waals surface area contributed by atoms with E-state index in [-0.39, 0.29) is 0 Å². The molecular formula is C10H13BrN2. The van der Waals surface area contributed by atoms with Crippen molar-refractivity contribution in [2.24, 2.45) is 0 Å². The highest BCUT2D eigenvalue weighted by atomic mass is 79.9. The van der Waals surface area contributed by atoms with E-state index in [4.69, 9.17) is 5.73 Å². The second kappa shape index (κ2) is 3.22. The zero-order valence-corrected chi connectivity index (χ0v) is 9.21. The second-order valence-electron chi connectivity index (χ2n) is 3.54. The van der Waals surface area contributed by atoms with Crippen molar-refractivity contribution in [1.29, 1.82) is 0 Å². The fraction of sp³-hybridized carbons (Fsp3) is 0.400. The summed E-state index contributed by atoms with van der Waals surface area (Å²) in [5.74, 6) is 0. The number of hydrogen-bond acceptors (Lipinski definition) is 2. The first kappa shape index (κ1) is 8.88. The lowest BCUT2D eigenvalue weighted by atomic mass is 10.0. The van der Waals surface area contributed by atoms with Crippen molar-refractivity contribution >= 4 is 27.3 Å². The first-order chi connectivity index (χ1) is 6.18. The summed E-state index contributed by atoms with van der Waals surface area (Å²) < 4.78 is 0.976.